The SMILES string of the molecule is CCNC(=NCc1cccc(CN2CCOC(C)C2)c1)NCCC(C)C.I. The predicted octanol–water partition coefficient (Wildman–Crippen LogP) is 3.63. The minimum atomic E-state index is 0. The van der Waals surface area contributed by atoms with Crippen LogP contribution < -0.4 is 10.6 Å². The van der Waals surface area contributed by atoms with E-state index in [2.05, 4.69) is 67.5 Å². The van der Waals surface area contributed by atoms with E-state index in [9.17, 15) is 0 Å². The molecule has 0 aliphatic carbocycles. The number of hydrogen-bond acceptors (Lipinski definition) is 3. The molecule has 1 fully saturated rings. The van der Waals surface area contributed by atoms with Crippen molar-refractivity contribution in [3.8, 4) is 0 Å². The van der Waals surface area contributed by atoms with Crippen LogP contribution in [-0.2, 0) is 17.8 Å². The summed E-state index contributed by atoms with van der Waals surface area (Å²) in [6.45, 7) is 15.1. The number of benzene rings is 1. The molecule has 1 atom stereocenters. The van der Waals surface area contributed by atoms with Crippen molar-refractivity contribution in [1.82, 2.24) is 15.5 Å². The minimum absolute atomic E-state index is 0. The molecule has 1 unspecified atom stereocenters. The number of rotatable bonds is 8. The molecule has 2 rings (SSSR count). The first-order valence-electron chi connectivity index (χ1n) is 10.0. The summed E-state index contributed by atoms with van der Waals surface area (Å²) >= 11 is 0. The molecular weight excluding hydrogens is 451 g/mol. The molecule has 0 spiro atoms. The van der Waals surface area contributed by atoms with Crippen molar-refractivity contribution >= 4 is 29.9 Å². The van der Waals surface area contributed by atoms with Crippen LogP contribution in [0.25, 0.3) is 0 Å². The molecule has 1 heterocycles. The van der Waals surface area contributed by atoms with Gasteiger partial charge in [-0.25, -0.2) is 4.99 Å². The summed E-state index contributed by atoms with van der Waals surface area (Å²) in [4.78, 5) is 7.21. The number of morpholine rings is 1. The van der Waals surface area contributed by atoms with Crippen LogP contribution in [0.2, 0.25) is 0 Å². The molecule has 1 aliphatic heterocycles. The number of guanidine groups is 1. The van der Waals surface area contributed by atoms with Crippen LogP contribution in [-0.4, -0.2) is 49.7 Å². The molecule has 1 aromatic rings. The standard InChI is InChI=1S/C21H36N4O.HI/c1-5-22-21(23-10-9-17(2)3)24-14-19-7-6-8-20(13-19)16-25-11-12-26-18(4)15-25;/h6-8,13,17-18H,5,9-12,14-16H2,1-4H3,(H2,22,23,24);1H. The molecule has 0 saturated carbocycles. The van der Waals surface area contributed by atoms with Gasteiger partial charge in [-0.1, -0.05) is 38.1 Å². The monoisotopic (exact) mass is 488 g/mol. The summed E-state index contributed by atoms with van der Waals surface area (Å²) in [6.07, 6.45) is 1.48. The zero-order chi connectivity index (χ0) is 18.8. The maximum atomic E-state index is 5.63. The van der Waals surface area contributed by atoms with Gasteiger partial charge < -0.3 is 15.4 Å². The lowest BCUT2D eigenvalue weighted by Crippen LogP contribution is -2.40. The van der Waals surface area contributed by atoms with Crippen molar-refractivity contribution < 1.29 is 4.74 Å². The lowest BCUT2D eigenvalue weighted by atomic mass is 10.1. The van der Waals surface area contributed by atoms with Gasteiger partial charge in [-0.2, -0.15) is 0 Å². The molecule has 6 heteroatoms. The van der Waals surface area contributed by atoms with Crippen LogP contribution in [0.5, 0.6) is 0 Å². The van der Waals surface area contributed by atoms with Crippen molar-refractivity contribution in [3.63, 3.8) is 0 Å². The maximum Gasteiger partial charge on any atom is 0.191 e. The van der Waals surface area contributed by atoms with Crippen LogP contribution in [0, 0.1) is 5.92 Å². The van der Waals surface area contributed by atoms with Crippen molar-refractivity contribution in [2.45, 2.75) is 53.3 Å². The average molecular weight is 488 g/mol. The Morgan fingerprint density at radius 1 is 1.30 bits per heavy atom. The summed E-state index contributed by atoms with van der Waals surface area (Å²) in [5, 5.41) is 6.75. The normalized spacial score (nSPS) is 18.3. The van der Waals surface area contributed by atoms with Gasteiger partial charge in [-0.3, -0.25) is 4.90 Å². The molecule has 154 valence electrons. The molecule has 0 radical (unpaired) electrons. The average Bonchev–Trinajstić information content (AvgIpc) is 2.60. The summed E-state index contributed by atoms with van der Waals surface area (Å²) < 4.78 is 5.63. The minimum Gasteiger partial charge on any atom is -0.376 e. The maximum absolute atomic E-state index is 5.63. The highest BCUT2D eigenvalue weighted by Crippen LogP contribution is 2.12. The van der Waals surface area contributed by atoms with E-state index in [-0.39, 0.29) is 24.0 Å². The van der Waals surface area contributed by atoms with Gasteiger partial charge in [0.05, 0.1) is 19.3 Å². The quantitative estimate of drug-likeness (QED) is 0.334. The zero-order valence-electron chi connectivity index (χ0n) is 17.3. The highest BCUT2D eigenvalue weighted by molar-refractivity contribution is 14.0. The topological polar surface area (TPSA) is 48.9 Å². The van der Waals surface area contributed by atoms with E-state index in [0.29, 0.717) is 18.6 Å². The van der Waals surface area contributed by atoms with E-state index in [1.54, 1.807) is 0 Å². The Balaban J connectivity index is 0.00000364. The zero-order valence-corrected chi connectivity index (χ0v) is 19.7. The van der Waals surface area contributed by atoms with Crippen molar-refractivity contribution in [2.24, 2.45) is 10.9 Å². The van der Waals surface area contributed by atoms with Crippen molar-refractivity contribution in [3.05, 3.63) is 35.4 Å². The first-order valence-corrected chi connectivity index (χ1v) is 10.0. The Bertz CT molecular complexity index is 565. The summed E-state index contributed by atoms with van der Waals surface area (Å²) in [5.41, 5.74) is 2.61. The highest BCUT2D eigenvalue weighted by Gasteiger charge is 2.16. The number of nitrogens with zero attached hydrogens (tertiary/aromatic N) is 2. The van der Waals surface area contributed by atoms with Gasteiger partial charge in [-0.15, -0.1) is 24.0 Å². The summed E-state index contributed by atoms with van der Waals surface area (Å²) in [7, 11) is 0. The number of nitrogens with one attached hydrogen (secondary N) is 2. The smallest absolute Gasteiger partial charge is 0.191 e. The Hall–Kier alpha value is -0.860. The largest absolute Gasteiger partial charge is 0.376 e. The lowest BCUT2D eigenvalue weighted by Gasteiger charge is -2.31. The van der Waals surface area contributed by atoms with Gasteiger partial charge in [0, 0.05) is 32.7 Å². The second-order valence-electron chi connectivity index (χ2n) is 7.54. The third kappa shape index (κ3) is 9.76. The van der Waals surface area contributed by atoms with Crippen LogP contribution in [0.4, 0.5) is 0 Å². The fourth-order valence-electron chi connectivity index (χ4n) is 3.11. The van der Waals surface area contributed by atoms with E-state index in [1.807, 2.05) is 0 Å². The van der Waals surface area contributed by atoms with Gasteiger partial charge in [0.2, 0.25) is 0 Å². The van der Waals surface area contributed by atoms with Crippen molar-refractivity contribution in [1.29, 1.82) is 0 Å². The van der Waals surface area contributed by atoms with Crippen LogP contribution >= 0.6 is 24.0 Å². The Labute approximate surface area is 182 Å². The molecule has 5 nitrogen and oxygen atoms in total. The molecule has 0 amide bonds. The Morgan fingerprint density at radius 3 is 2.78 bits per heavy atom. The molecule has 0 bridgehead atoms. The number of ether oxygens (including phenoxy) is 1. The van der Waals surface area contributed by atoms with Crippen LogP contribution in [0.3, 0.4) is 0 Å². The van der Waals surface area contributed by atoms with Gasteiger partial charge in [0.15, 0.2) is 5.96 Å². The third-order valence-corrected chi connectivity index (χ3v) is 4.50. The van der Waals surface area contributed by atoms with E-state index >= 15 is 0 Å². The van der Waals surface area contributed by atoms with Gasteiger partial charge in [0.1, 0.15) is 0 Å². The Morgan fingerprint density at radius 2 is 2.07 bits per heavy atom. The second kappa shape index (κ2) is 13.3. The second-order valence-corrected chi connectivity index (χ2v) is 7.54. The molecule has 27 heavy (non-hydrogen) atoms. The summed E-state index contributed by atoms with van der Waals surface area (Å²) in [5.74, 6) is 1.60. The fraction of sp³-hybridized carbons (Fsp3) is 0.667. The van der Waals surface area contributed by atoms with Crippen LogP contribution in [0.15, 0.2) is 29.3 Å². The third-order valence-electron chi connectivity index (χ3n) is 4.50. The van der Waals surface area contributed by atoms with Crippen LogP contribution in [0.1, 0.15) is 45.2 Å². The van der Waals surface area contributed by atoms with E-state index < -0.39 is 0 Å². The molecule has 0 aromatic heterocycles. The van der Waals surface area contributed by atoms with E-state index in [4.69, 9.17) is 9.73 Å². The molecular formula is C21H37IN4O. The molecule has 1 aliphatic rings. The lowest BCUT2D eigenvalue weighted by molar-refractivity contribution is -0.0212. The van der Waals surface area contributed by atoms with Gasteiger partial charge in [0.25, 0.3) is 0 Å². The first kappa shape index (κ1) is 24.2. The fourth-order valence-corrected chi connectivity index (χ4v) is 3.11. The molecule has 2 N–H and O–H groups in total. The number of hydrogen-bond donors (Lipinski definition) is 2. The van der Waals surface area contributed by atoms with Gasteiger partial charge >= 0.3 is 0 Å². The number of aliphatic imine (C=N–C) groups is 1. The van der Waals surface area contributed by atoms with Crippen molar-refractivity contribution in [2.75, 3.05) is 32.8 Å². The Kier molecular flexibility index (Phi) is 11.9. The number of halogens is 1. The molecule has 1 aromatic carbocycles. The predicted molar refractivity (Wildman–Crippen MR) is 125 cm³/mol. The first-order chi connectivity index (χ1) is 12.6. The highest BCUT2D eigenvalue weighted by atomic mass is 127. The van der Waals surface area contributed by atoms with Gasteiger partial charge in [-0.05, 0) is 37.3 Å². The van der Waals surface area contributed by atoms with E-state index in [0.717, 1.165) is 51.7 Å². The van der Waals surface area contributed by atoms with E-state index in [1.165, 1.54) is 11.1 Å². The molecule has 1 saturated heterocycles. The summed E-state index contributed by atoms with van der Waals surface area (Å²) in [6, 6.07) is 8.79.